The number of hydrogen-bond donors (Lipinski definition) is 1. The Morgan fingerprint density at radius 1 is 1.41 bits per heavy atom. The molecule has 1 N–H and O–H groups in total. The van der Waals surface area contributed by atoms with Crippen LogP contribution in [0.2, 0.25) is 0 Å². The van der Waals surface area contributed by atoms with E-state index in [4.69, 9.17) is 10.00 Å². The minimum atomic E-state index is -0.360. The predicted octanol–water partition coefficient (Wildman–Crippen LogP) is 1.21. The lowest BCUT2D eigenvalue weighted by Crippen LogP contribution is -2.41. The van der Waals surface area contributed by atoms with Crippen LogP contribution in [0.1, 0.15) is 25.3 Å². The average Bonchev–Trinajstić information content (AvgIpc) is 3.06. The third-order valence-electron chi connectivity index (χ3n) is 3.54. The minimum Gasteiger partial charge on any atom is -0.368 e. The summed E-state index contributed by atoms with van der Waals surface area (Å²) in [7, 11) is 0. The number of nitrogens with one attached hydrogen (secondary N) is 1. The fourth-order valence-corrected chi connectivity index (χ4v) is 2.37. The first-order valence-corrected chi connectivity index (χ1v) is 7.29. The Labute approximate surface area is 129 Å². The molecule has 0 saturated carbocycles. The molecule has 0 bridgehead atoms. The molecular formula is C16H19N3O3. The summed E-state index contributed by atoms with van der Waals surface area (Å²) in [5.41, 5.74) is 1.25. The number of carbonyl (C=O) groups excluding carboxylic acids is 2. The van der Waals surface area contributed by atoms with E-state index in [9.17, 15) is 9.59 Å². The van der Waals surface area contributed by atoms with Crippen molar-refractivity contribution in [1.82, 2.24) is 5.32 Å². The molecule has 1 unspecified atom stereocenters. The van der Waals surface area contributed by atoms with Crippen molar-refractivity contribution in [2.75, 3.05) is 24.6 Å². The summed E-state index contributed by atoms with van der Waals surface area (Å²) in [6.07, 6.45) is 1.29. The van der Waals surface area contributed by atoms with Crippen LogP contribution in [0.3, 0.4) is 0 Å². The molecule has 1 saturated heterocycles. The number of nitriles is 1. The monoisotopic (exact) mass is 301 g/mol. The lowest BCUT2D eigenvalue weighted by atomic mass is 10.2. The van der Waals surface area contributed by atoms with Crippen molar-refractivity contribution in [3.8, 4) is 6.07 Å². The molecule has 0 spiro atoms. The highest BCUT2D eigenvalue weighted by molar-refractivity contribution is 5.91. The second-order valence-corrected chi connectivity index (χ2v) is 5.12. The number of anilines is 1. The van der Waals surface area contributed by atoms with Gasteiger partial charge >= 0.3 is 0 Å². The van der Waals surface area contributed by atoms with Crippen LogP contribution in [0.5, 0.6) is 0 Å². The van der Waals surface area contributed by atoms with E-state index in [1.165, 1.54) is 6.92 Å². The molecule has 1 aromatic carbocycles. The summed E-state index contributed by atoms with van der Waals surface area (Å²) < 4.78 is 5.31. The molecule has 1 aliphatic rings. The van der Waals surface area contributed by atoms with Crippen LogP contribution in [0.25, 0.3) is 0 Å². The summed E-state index contributed by atoms with van der Waals surface area (Å²) in [6, 6.07) is 8.81. The van der Waals surface area contributed by atoms with E-state index in [-0.39, 0.29) is 17.9 Å². The van der Waals surface area contributed by atoms with Gasteiger partial charge in [-0.1, -0.05) is 0 Å². The number of nitrogens with zero attached hydrogens (tertiary/aromatic N) is 2. The topological polar surface area (TPSA) is 82.4 Å². The molecule has 1 fully saturated rings. The SMILES string of the molecule is CC(=O)N(CCNC(=O)C1CCCO1)c1ccc(C#N)cc1. The molecule has 6 nitrogen and oxygen atoms in total. The van der Waals surface area contributed by atoms with Crippen LogP contribution in [-0.4, -0.2) is 37.6 Å². The molecule has 2 amide bonds. The summed E-state index contributed by atoms with van der Waals surface area (Å²) in [5.74, 6) is -0.239. The van der Waals surface area contributed by atoms with Gasteiger partial charge in [0.05, 0.1) is 11.6 Å². The Hall–Kier alpha value is -2.39. The van der Waals surface area contributed by atoms with Crippen molar-refractivity contribution in [1.29, 1.82) is 5.26 Å². The van der Waals surface area contributed by atoms with Crippen LogP contribution in [0.4, 0.5) is 5.69 Å². The molecule has 0 aliphatic carbocycles. The number of carbonyl (C=O) groups is 2. The summed E-state index contributed by atoms with van der Waals surface area (Å²) in [4.78, 5) is 25.2. The lowest BCUT2D eigenvalue weighted by Gasteiger charge is -2.22. The van der Waals surface area contributed by atoms with Gasteiger partial charge in [-0.05, 0) is 37.1 Å². The van der Waals surface area contributed by atoms with Gasteiger partial charge in [0.2, 0.25) is 11.8 Å². The second-order valence-electron chi connectivity index (χ2n) is 5.12. The molecule has 1 atom stereocenters. The first-order valence-electron chi connectivity index (χ1n) is 7.29. The van der Waals surface area contributed by atoms with Crippen molar-refractivity contribution in [3.05, 3.63) is 29.8 Å². The summed E-state index contributed by atoms with van der Waals surface area (Å²) in [6.45, 7) is 2.83. The van der Waals surface area contributed by atoms with Crippen LogP contribution in [-0.2, 0) is 14.3 Å². The van der Waals surface area contributed by atoms with Gasteiger partial charge in [-0.3, -0.25) is 9.59 Å². The molecule has 1 heterocycles. The van der Waals surface area contributed by atoms with Crippen LogP contribution < -0.4 is 10.2 Å². The van der Waals surface area contributed by atoms with E-state index in [1.807, 2.05) is 6.07 Å². The van der Waals surface area contributed by atoms with E-state index < -0.39 is 0 Å². The maximum absolute atomic E-state index is 11.8. The van der Waals surface area contributed by atoms with E-state index in [0.717, 1.165) is 12.8 Å². The Bertz CT molecular complexity index is 571. The molecule has 1 aliphatic heterocycles. The smallest absolute Gasteiger partial charge is 0.249 e. The molecule has 1 aromatic rings. The van der Waals surface area contributed by atoms with Crippen LogP contribution >= 0.6 is 0 Å². The number of amides is 2. The average molecular weight is 301 g/mol. The zero-order valence-corrected chi connectivity index (χ0v) is 12.5. The van der Waals surface area contributed by atoms with Crippen molar-refractivity contribution >= 4 is 17.5 Å². The first-order chi connectivity index (χ1) is 10.6. The Kier molecular flexibility index (Phi) is 5.50. The highest BCUT2D eigenvalue weighted by Gasteiger charge is 2.23. The molecule has 2 rings (SSSR count). The van der Waals surface area contributed by atoms with E-state index >= 15 is 0 Å². The third kappa shape index (κ3) is 4.06. The Morgan fingerprint density at radius 2 is 2.14 bits per heavy atom. The van der Waals surface area contributed by atoms with Gasteiger partial charge in [0.25, 0.3) is 0 Å². The fourth-order valence-electron chi connectivity index (χ4n) is 2.37. The van der Waals surface area contributed by atoms with Gasteiger partial charge in [-0.2, -0.15) is 5.26 Å². The predicted molar refractivity (Wildman–Crippen MR) is 81.2 cm³/mol. The number of hydrogen-bond acceptors (Lipinski definition) is 4. The molecule has 22 heavy (non-hydrogen) atoms. The quantitative estimate of drug-likeness (QED) is 0.886. The molecule has 0 aromatic heterocycles. The van der Waals surface area contributed by atoms with Crippen molar-refractivity contribution in [2.45, 2.75) is 25.9 Å². The zero-order chi connectivity index (χ0) is 15.9. The Balaban J connectivity index is 1.90. The maximum atomic E-state index is 11.8. The normalized spacial score (nSPS) is 16.8. The number of ether oxygens (including phenoxy) is 1. The highest BCUT2D eigenvalue weighted by Crippen LogP contribution is 2.15. The van der Waals surface area contributed by atoms with E-state index in [0.29, 0.717) is 30.9 Å². The maximum Gasteiger partial charge on any atom is 0.249 e. The van der Waals surface area contributed by atoms with Crippen molar-refractivity contribution in [2.24, 2.45) is 0 Å². The highest BCUT2D eigenvalue weighted by atomic mass is 16.5. The van der Waals surface area contributed by atoms with Crippen LogP contribution in [0, 0.1) is 11.3 Å². The van der Waals surface area contributed by atoms with E-state index in [2.05, 4.69) is 5.32 Å². The van der Waals surface area contributed by atoms with Gasteiger partial charge in [0.15, 0.2) is 0 Å². The zero-order valence-electron chi connectivity index (χ0n) is 12.5. The minimum absolute atomic E-state index is 0.115. The second kappa shape index (κ2) is 7.57. The molecule has 116 valence electrons. The summed E-state index contributed by atoms with van der Waals surface area (Å²) >= 11 is 0. The first kappa shape index (κ1) is 16.0. The van der Waals surface area contributed by atoms with Crippen molar-refractivity contribution in [3.63, 3.8) is 0 Å². The molecule has 6 heteroatoms. The Morgan fingerprint density at radius 3 is 2.68 bits per heavy atom. The summed E-state index contributed by atoms with van der Waals surface area (Å²) in [5, 5.41) is 11.6. The standard InChI is InChI=1S/C16H19N3O3/c1-12(20)19(14-6-4-13(11-17)5-7-14)9-8-18-16(21)15-3-2-10-22-15/h4-7,15H,2-3,8-10H2,1H3,(H,18,21). The van der Waals surface area contributed by atoms with Gasteiger partial charge < -0.3 is 15.0 Å². The molecule has 0 radical (unpaired) electrons. The lowest BCUT2D eigenvalue weighted by molar-refractivity contribution is -0.130. The largest absolute Gasteiger partial charge is 0.368 e. The van der Waals surface area contributed by atoms with Gasteiger partial charge in [0, 0.05) is 32.3 Å². The van der Waals surface area contributed by atoms with Crippen molar-refractivity contribution < 1.29 is 14.3 Å². The van der Waals surface area contributed by atoms with Gasteiger partial charge in [0.1, 0.15) is 6.10 Å². The fraction of sp³-hybridized carbons (Fsp3) is 0.438. The molecular weight excluding hydrogens is 282 g/mol. The van der Waals surface area contributed by atoms with E-state index in [1.54, 1.807) is 29.2 Å². The number of benzene rings is 1. The van der Waals surface area contributed by atoms with Crippen LogP contribution in [0.15, 0.2) is 24.3 Å². The van der Waals surface area contributed by atoms with Gasteiger partial charge in [-0.15, -0.1) is 0 Å². The van der Waals surface area contributed by atoms with Gasteiger partial charge in [-0.25, -0.2) is 0 Å². The number of rotatable bonds is 5. The third-order valence-corrected chi connectivity index (χ3v) is 3.54.